The van der Waals surface area contributed by atoms with Gasteiger partial charge in [0.2, 0.25) is 0 Å². The maximum Gasteiger partial charge on any atom is 0.494 e. The molecule has 116 valence electrons. The molecule has 0 spiro atoms. The average Bonchev–Trinajstić information content (AvgIpc) is 2.61. The number of nitrogens with one attached hydrogen (secondary N) is 1. The molecule has 1 aliphatic rings. The van der Waals surface area contributed by atoms with Gasteiger partial charge in [0.15, 0.2) is 0 Å². The van der Waals surface area contributed by atoms with E-state index >= 15 is 0 Å². The highest BCUT2D eigenvalue weighted by Gasteiger charge is 2.51. The average molecular weight is 293 g/mol. The highest BCUT2D eigenvalue weighted by Crippen LogP contribution is 2.36. The van der Waals surface area contributed by atoms with Gasteiger partial charge < -0.3 is 14.6 Å². The second-order valence-electron chi connectivity index (χ2n) is 6.62. The summed E-state index contributed by atoms with van der Waals surface area (Å²) < 4.78 is 25.9. The Morgan fingerprint density at radius 3 is 2.33 bits per heavy atom. The largest absolute Gasteiger partial charge is 0.494 e. The van der Waals surface area contributed by atoms with Crippen LogP contribution in [-0.4, -0.2) is 24.9 Å². The topological polar surface area (TPSA) is 30.5 Å². The number of rotatable bonds is 5. The van der Waals surface area contributed by atoms with Crippen LogP contribution < -0.4 is 10.8 Å². The molecule has 1 saturated heterocycles. The van der Waals surface area contributed by atoms with E-state index in [1.54, 1.807) is 6.07 Å². The monoisotopic (exact) mass is 293 g/mol. The molecule has 1 N–H and O–H groups in total. The van der Waals surface area contributed by atoms with Gasteiger partial charge in [-0.25, -0.2) is 4.39 Å². The lowest BCUT2D eigenvalue weighted by atomic mass is 9.78. The van der Waals surface area contributed by atoms with E-state index in [-0.39, 0.29) is 17.0 Å². The molecule has 3 nitrogen and oxygen atoms in total. The van der Waals surface area contributed by atoms with Crippen molar-refractivity contribution in [3.8, 4) is 0 Å². The van der Waals surface area contributed by atoms with Gasteiger partial charge in [-0.1, -0.05) is 19.1 Å². The summed E-state index contributed by atoms with van der Waals surface area (Å²) in [6.45, 7) is 11.5. The fourth-order valence-corrected chi connectivity index (χ4v) is 2.26. The summed E-state index contributed by atoms with van der Waals surface area (Å²) >= 11 is 0. The van der Waals surface area contributed by atoms with Gasteiger partial charge in [-0.05, 0) is 52.2 Å². The molecule has 0 amide bonds. The molecule has 0 unspecified atom stereocenters. The predicted molar refractivity (Wildman–Crippen MR) is 84.1 cm³/mol. The predicted octanol–water partition coefficient (Wildman–Crippen LogP) is 2.62. The van der Waals surface area contributed by atoms with Crippen LogP contribution >= 0.6 is 0 Å². The first-order valence-corrected chi connectivity index (χ1v) is 7.61. The lowest BCUT2D eigenvalue weighted by molar-refractivity contribution is 0.00578. The molecule has 1 aliphatic heterocycles. The van der Waals surface area contributed by atoms with Crippen molar-refractivity contribution in [3.63, 3.8) is 0 Å². The molecular formula is C16H25BFNO2. The third-order valence-corrected chi connectivity index (χ3v) is 4.34. The van der Waals surface area contributed by atoms with Crippen LogP contribution in [0.1, 0.15) is 46.6 Å². The second kappa shape index (κ2) is 6.07. The van der Waals surface area contributed by atoms with Gasteiger partial charge >= 0.3 is 7.12 Å². The van der Waals surface area contributed by atoms with E-state index < -0.39 is 7.12 Å². The van der Waals surface area contributed by atoms with Gasteiger partial charge in [0.1, 0.15) is 5.82 Å². The summed E-state index contributed by atoms with van der Waals surface area (Å²) in [6, 6.07) is 5.06. The number of hydrogen-bond donors (Lipinski definition) is 1. The minimum atomic E-state index is -0.444. The van der Waals surface area contributed by atoms with Gasteiger partial charge in [0, 0.05) is 12.1 Å². The molecule has 21 heavy (non-hydrogen) atoms. The second-order valence-corrected chi connectivity index (χ2v) is 6.62. The van der Waals surface area contributed by atoms with Gasteiger partial charge in [-0.3, -0.25) is 0 Å². The van der Waals surface area contributed by atoms with Crippen LogP contribution in [0.2, 0.25) is 0 Å². The molecule has 1 fully saturated rings. The van der Waals surface area contributed by atoms with E-state index in [2.05, 4.69) is 12.2 Å². The highest BCUT2D eigenvalue weighted by atomic mass is 19.1. The zero-order chi connectivity index (χ0) is 15.7. The van der Waals surface area contributed by atoms with Crippen molar-refractivity contribution >= 4 is 12.6 Å². The number of halogens is 1. The van der Waals surface area contributed by atoms with Crippen LogP contribution in [0.15, 0.2) is 18.2 Å². The lowest BCUT2D eigenvalue weighted by Crippen LogP contribution is -2.41. The Hall–Kier alpha value is -0.905. The van der Waals surface area contributed by atoms with E-state index in [9.17, 15) is 4.39 Å². The quantitative estimate of drug-likeness (QED) is 0.668. The van der Waals surface area contributed by atoms with Crippen molar-refractivity contribution in [1.82, 2.24) is 5.32 Å². The zero-order valence-electron chi connectivity index (χ0n) is 13.6. The first kappa shape index (κ1) is 16.5. The molecule has 0 saturated carbocycles. The zero-order valence-corrected chi connectivity index (χ0v) is 13.6. The summed E-state index contributed by atoms with van der Waals surface area (Å²) in [7, 11) is -0.444. The molecule has 0 aromatic heterocycles. The van der Waals surface area contributed by atoms with Gasteiger partial charge in [-0.2, -0.15) is 0 Å². The van der Waals surface area contributed by atoms with Crippen LogP contribution in [0, 0.1) is 5.82 Å². The van der Waals surface area contributed by atoms with Crippen LogP contribution in [0.3, 0.4) is 0 Å². The van der Waals surface area contributed by atoms with Crippen molar-refractivity contribution in [3.05, 3.63) is 29.6 Å². The summed E-state index contributed by atoms with van der Waals surface area (Å²) in [5.74, 6) is -0.195. The van der Waals surface area contributed by atoms with Gasteiger partial charge in [0.05, 0.1) is 11.2 Å². The fraction of sp³-hybridized carbons (Fsp3) is 0.625. The van der Waals surface area contributed by atoms with E-state index in [4.69, 9.17) is 9.31 Å². The van der Waals surface area contributed by atoms with Crippen molar-refractivity contribution < 1.29 is 13.7 Å². The Kier molecular flexibility index (Phi) is 4.76. The summed E-state index contributed by atoms with van der Waals surface area (Å²) in [4.78, 5) is 0. The van der Waals surface area contributed by atoms with Crippen LogP contribution in [-0.2, 0) is 15.9 Å². The molecule has 0 radical (unpaired) electrons. The third-order valence-electron chi connectivity index (χ3n) is 4.34. The standard InChI is InChI=1S/C16H25BFNO2/c1-6-9-19-11-12-10-13(7-8-14(12)18)17-20-15(2,3)16(4,5)21-17/h7-8,10,19H,6,9,11H2,1-5H3. The highest BCUT2D eigenvalue weighted by molar-refractivity contribution is 6.62. The van der Waals surface area contributed by atoms with Crippen molar-refractivity contribution in [2.75, 3.05) is 6.54 Å². The van der Waals surface area contributed by atoms with Crippen molar-refractivity contribution in [1.29, 1.82) is 0 Å². The summed E-state index contributed by atoms with van der Waals surface area (Å²) in [5.41, 5.74) is 0.748. The maximum absolute atomic E-state index is 13.9. The Morgan fingerprint density at radius 1 is 1.14 bits per heavy atom. The maximum atomic E-state index is 13.9. The molecule has 1 aromatic carbocycles. The molecule has 0 aliphatic carbocycles. The SMILES string of the molecule is CCCNCc1cc(B2OC(C)(C)C(C)(C)O2)ccc1F. The fourth-order valence-electron chi connectivity index (χ4n) is 2.26. The first-order chi connectivity index (χ1) is 9.77. The van der Waals surface area contributed by atoms with Crippen molar-refractivity contribution in [2.45, 2.75) is 58.8 Å². The van der Waals surface area contributed by atoms with Crippen LogP contribution in [0.25, 0.3) is 0 Å². The Labute approximate surface area is 127 Å². The summed E-state index contributed by atoms with van der Waals surface area (Å²) in [6.07, 6.45) is 1.03. The molecule has 1 heterocycles. The minimum absolute atomic E-state index is 0.195. The van der Waals surface area contributed by atoms with E-state index in [0.717, 1.165) is 18.4 Å². The van der Waals surface area contributed by atoms with E-state index in [1.165, 1.54) is 6.07 Å². The van der Waals surface area contributed by atoms with Gasteiger partial charge in [0.25, 0.3) is 0 Å². The van der Waals surface area contributed by atoms with Crippen LogP contribution in [0.4, 0.5) is 4.39 Å². The smallest absolute Gasteiger partial charge is 0.399 e. The number of hydrogen-bond acceptors (Lipinski definition) is 3. The lowest BCUT2D eigenvalue weighted by Gasteiger charge is -2.32. The summed E-state index contributed by atoms with van der Waals surface area (Å²) in [5, 5.41) is 3.22. The Bertz CT molecular complexity index is 489. The van der Waals surface area contributed by atoms with E-state index in [1.807, 2.05) is 33.8 Å². The first-order valence-electron chi connectivity index (χ1n) is 7.61. The van der Waals surface area contributed by atoms with E-state index in [0.29, 0.717) is 12.1 Å². The molecule has 2 rings (SSSR count). The molecule has 1 aromatic rings. The molecular weight excluding hydrogens is 268 g/mol. The Morgan fingerprint density at radius 2 is 1.76 bits per heavy atom. The molecule has 0 atom stereocenters. The van der Waals surface area contributed by atoms with Crippen molar-refractivity contribution in [2.24, 2.45) is 0 Å². The normalized spacial score (nSPS) is 20.0. The Balaban J connectivity index is 2.16. The molecule has 5 heteroatoms. The van der Waals surface area contributed by atoms with Gasteiger partial charge in [-0.15, -0.1) is 0 Å². The van der Waals surface area contributed by atoms with Crippen LogP contribution in [0.5, 0.6) is 0 Å². The minimum Gasteiger partial charge on any atom is -0.399 e. The third kappa shape index (κ3) is 3.47. The molecule has 0 bridgehead atoms. The number of benzene rings is 1.